The summed E-state index contributed by atoms with van der Waals surface area (Å²) < 4.78 is 5.05. The predicted octanol–water partition coefficient (Wildman–Crippen LogP) is 1.10. The summed E-state index contributed by atoms with van der Waals surface area (Å²) in [7, 11) is 1.63. The Labute approximate surface area is 61.5 Å². The first-order valence-electron chi connectivity index (χ1n) is 3.62. The van der Waals surface area contributed by atoms with Crippen molar-refractivity contribution in [1.29, 1.82) is 0 Å². The van der Waals surface area contributed by atoms with Crippen LogP contribution in [0.4, 0.5) is 0 Å². The highest BCUT2D eigenvalue weighted by molar-refractivity contribution is 5.08. The van der Waals surface area contributed by atoms with Gasteiger partial charge in [0.1, 0.15) is 6.10 Å². The lowest BCUT2D eigenvalue weighted by atomic mass is 9.96. The molecule has 0 fully saturated rings. The maximum absolute atomic E-state index is 9.32. The van der Waals surface area contributed by atoms with E-state index >= 15 is 0 Å². The van der Waals surface area contributed by atoms with Crippen LogP contribution in [0.2, 0.25) is 0 Å². The maximum atomic E-state index is 9.32. The number of ether oxygens (including phenoxy) is 1. The summed E-state index contributed by atoms with van der Waals surface area (Å²) in [5, 5.41) is 9.32. The highest BCUT2D eigenvalue weighted by Gasteiger charge is 2.20. The average molecular weight is 142 g/mol. The number of rotatable bonds is 1. The molecule has 2 heteroatoms. The van der Waals surface area contributed by atoms with Crippen LogP contribution >= 0.6 is 0 Å². The van der Waals surface area contributed by atoms with Gasteiger partial charge < -0.3 is 9.84 Å². The molecule has 1 N–H and O–H groups in total. The van der Waals surface area contributed by atoms with Crippen LogP contribution in [0, 0.1) is 0 Å². The van der Waals surface area contributed by atoms with Gasteiger partial charge in [-0.3, -0.25) is 0 Å². The van der Waals surface area contributed by atoms with E-state index in [1.165, 1.54) is 5.57 Å². The molecule has 0 aromatic carbocycles. The van der Waals surface area contributed by atoms with Crippen molar-refractivity contribution >= 4 is 0 Å². The first-order chi connectivity index (χ1) is 4.74. The molecule has 2 atom stereocenters. The van der Waals surface area contributed by atoms with Crippen molar-refractivity contribution < 1.29 is 9.84 Å². The molecule has 1 rings (SSSR count). The van der Waals surface area contributed by atoms with Crippen LogP contribution < -0.4 is 0 Å². The van der Waals surface area contributed by atoms with E-state index in [4.69, 9.17) is 4.74 Å². The van der Waals surface area contributed by atoms with Gasteiger partial charge in [0.25, 0.3) is 0 Å². The number of allylic oxidation sites excluding steroid dienone is 1. The van der Waals surface area contributed by atoms with E-state index in [2.05, 4.69) is 6.92 Å². The molecule has 2 unspecified atom stereocenters. The normalized spacial score (nSPS) is 33.7. The zero-order chi connectivity index (χ0) is 7.56. The van der Waals surface area contributed by atoms with Crippen molar-refractivity contribution in [3.8, 4) is 0 Å². The van der Waals surface area contributed by atoms with Gasteiger partial charge in [0.05, 0.1) is 6.10 Å². The molecular formula is C8H14O2. The first kappa shape index (κ1) is 7.76. The summed E-state index contributed by atoms with van der Waals surface area (Å²) in [4.78, 5) is 0. The van der Waals surface area contributed by atoms with E-state index in [0.29, 0.717) is 0 Å². The molecule has 1 aliphatic rings. The minimum Gasteiger partial charge on any atom is -0.390 e. The summed E-state index contributed by atoms with van der Waals surface area (Å²) in [6, 6.07) is 0. The summed E-state index contributed by atoms with van der Waals surface area (Å²) in [6.45, 7) is 2.07. The van der Waals surface area contributed by atoms with Crippen LogP contribution in [0.1, 0.15) is 19.8 Å². The summed E-state index contributed by atoms with van der Waals surface area (Å²) in [5.74, 6) is 0. The molecule has 0 aliphatic heterocycles. The van der Waals surface area contributed by atoms with Gasteiger partial charge >= 0.3 is 0 Å². The van der Waals surface area contributed by atoms with Crippen LogP contribution in [-0.4, -0.2) is 24.4 Å². The molecule has 0 bridgehead atoms. The van der Waals surface area contributed by atoms with E-state index in [0.717, 1.165) is 12.8 Å². The van der Waals surface area contributed by atoms with Crippen LogP contribution in [0.5, 0.6) is 0 Å². The maximum Gasteiger partial charge on any atom is 0.101 e. The molecule has 10 heavy (non-hydrogen) atoms. The Bertz CT molecular complexity index is 140. The zero-order valence-electron chi connectivity index (χ0n) is 6.50. The second kappa shape index (κ2) is 3.17. The Hall–Kier alpha value is -0.340. The van der Waals surface area contributed by atoms with Crippen molar-refractivity contribution in [3.63, 3.8) is 0 Å². The monoisotopic (exact) mass is 142 g/mol. The Morgan fingerprint density at radius 1 is 1.70 bits per heavy atom. The minimum absolute atomic E-state index is 0.0752. The van der Waals surface area contributed by atoms with Gasteiger partial charge in [0, 0.05) is 7.11 Å². The van der Waals surface area contributed by atoms with Crippen molar-refractivity contribution in [2.24, 2.45) is 0 Å². The smallest absolute Gasteiger partial charge is 0.101 e. The molecular weight excluding hydrogens is 128 g/mol. The largest absolute Gasteiger partial charge is 0.390 e. The zero-order valence-corrected chi connectivity index (χ0v) is 6.50. The Morgan fingerprint density at radius 2 is 2.40 bits per heavy atom. The number of hydrogen-bond donors (Lipinski definition) is 1. The third kappa shape index (κ3) is 1.58. The van der Waals surface area contributed by atoms with Gasteiger partial charge in [-0.2, -0.15) is 0 Å². The minimum atomic E-state index is -0.298. The Balaban J connectivity index is 2.59. The quantitative estimate of drug-likeness (QED) is 0.555. The lowest BCUT2D eigenvalue weighted by molar-refractivity contribution is 0.00748. The molecule has 0 aromatic heterocycles. The molecule has 0 saturated carbocycles. The van der Waals surface area contributed by atoms with E-state index in [1.54, 1.807) is 7.11 Å². The molecule has 0 radical (unpaired) electrons. The second-order valence-corrected chi connectivity index (χ2v) is 2.82. The standard InChI is InChI=1S/C8H14O2/c1-6-3-4-7(9)8(5-6)10-2/h5,7-9H,3-4H2,1-2H3. The predicted molar refractivity (Wildman–Crippen MR) is 39.8 cm³/mol. The van der Waals surface area contributed by atoms with Gasteiger partial charge in [-0.05, 0) is 19.8 Å². The van der Waals surface area contributed by atoms with Crippen molar-refractivity contribution in [2.45, 2.75) is 32.0 Å². The lowest BCUT2D eigenvalue weighted by Crippen LogP contribution is -2.29. The molecule has 0 aromatic rings. The Kier molecular flexibility index (Phi) is 2.46. The van der Waals surface area contributed by atoms with Crippen LogP contribution in [0.3, 0.4) is 0 Å². The third-order valence-corrected chi connectivity index (χ3v) is 1.93. The highest BCUT2D eigenvalue weighted by Crippen LogP contribution is 2.19. The fraction of sp³-hybridized carbons (Fsp3) is 0.750. The van der Waals surface area contributed by atoms with E-state index in [1.807, 2.05) is 6.08 Å². The van der Waals surface area contributed by atoms with Crippen molar-refractivity contribution in [3.05, 3.63) is 11.6 Å². The first-order valence-corrected chi connectivity index (χ1v) is 3.62. The number of hydrogen-bond acceptors (Lipinski definition) is 2. The molecule has 1 aliphatic carbocycles. The SMILES string of the molecule is COC1C=C(C)CCC1O. The van der Waals surface area contributed by atoms with Crippen LogP contribution in [0.15, 0.2) is 11.6 Å². The topological polar surface area (TPSA) is 29.5 Å². The highest BCUT2D eigenvalue weighted by atomic mass is 16.5. The number of aliphatic hydroxyl groups excluding tert-OH is 1. The summed E-state index contributed by atoms with van der Waals surface area (Å²) in [5.41, 5.74) is 1.32. The second-order valence-electron chi connectivity index (χ2n) is 2.82. The molecule has 0 saturated heterocycles. The number of methoxy groups -OCH3 is 1. The van der Waals surface area contributed by atoms with E-state index in [9.17, 15) is 5.11 Å². The molecule has 0 amide bonds. The van der Waals surface area contributed by atoms with Crippen LogP contribution in [-0.2, 0) is 4.74 Å². The van der Waals surface area contributed by atoms with Gasteiger partial charge in [0.15, 0.2) is 0 Å². The average Bonchev–Trinajstić information content (AvgIpc) is 1.94. The van der Waals surface area contributed by atoms with Gasteiger partial charge in [-0.15, -0.1) is 0 Å². The molecule has 58 valence electrons. The third-order valence-electron chi connectivity index (χ3n) is 1.93. The molecule has 0 spiro atoms. The van der Waals surface area contributed by atoms with Crippen molar-refractivity contribution in [1.82, 2.24) is 0 Å². The van der Waals surface area contributed by atoms with Gasteiger partial charge in [-0.25, -0.2) is 0 Å². The van der Waals surface area contributed by atoms with Crippen molar-refractivity contribution in [2.75, 3.05) is 7.11 Å². The Morgan fingerprint density at radius 3 is 2.90 bits per heavy atom. The fourth-order valence-electron chi connectivity index (χ4n) is 1.24. The number of aliphatic hydroxyl groups is 1. The molecule has 2 nitrogen and oxygen atoms in total. The molecule has 0 heterocycles. The van der Waals surface area contributed by atoms with Gasteiger partial charge in [0.2, 0.25) is 0 Å². The lowest BCUT2D eigenvalue weighted by Gasteiger charge is -2.23. The summed E-state index contributed by atoms with van der Waals surface area (Å²) in [6.07, 6.45) is 3.46. The van der Waals surface area contributed by atoms with Gasteiger partial charge in [-0.1, -0.05) is 11.6 Å². The fourth-order valence-corrected chi connectivity index (χ4v) is 1.24. The summed E-state index contributed by atoms with van der Waals surface area (Å²) >= 11 is 0. The van der Waals surface area contributed by atoms with E-state index in [-0.39, 0.29) is 12.2 Å². The van der Waals surface area contributed by atoms with E-state index < -0.39 is 0 Å². The van der Waals surface area contributed by atoms with Crippen LogP contribution in [0.25, 0.3) is 0 Å².